The lowest BCUT2D eigenvalue weighted by molar-refractivity contribution is 0.318. The van der Waals surface area contributed by atoms with Crippen molar-refractivity contribution in [1.82, 2.24) is 9.99 Å². The highest BCUT2D eigenvalue weighted by atomic mass is 15.4. The lowest BCUT2D eigenvalue weighted by Gasteiger charge is -2.30. The summed E-state index contributed by atoms with van der Waals surface area (Å²) in [7, 11) is 0. The summed E-state index contributed by atoms with van der Waals surface area (Å²) in [6.45, 7) is 6.09. The fourth-order valence-corrected chi connectivity index (χ4v) is 3.18. The molecule has 3 rings (SSSR count). The number of hydrogen-bond donors (Lipinski definition) is 2. The highest BCUT2D eigenvalue weighted by molar-refractivity contribution is 5.87. The number of rotatable bonds is 2. The second-order valence-corrected chi connectivity index (χ2v) is 5.74. The first-order valence-corrected chi connectivity index (χ1v) is 7.17. The molecule has 0 atom stereocenters. The van der Waals surface area contributed by atoms with Crippen LogP contribution >= 0.6 is 0 Å². The van der Waals surface area contributed by atoms with Crippen molar-refractivity contribution in [3.8, 4) is 0 Å². The van der Waals surface area contributed by atoms with Gasteiger partial charge in [0.25, 0.3) is 0 Å². The summed E-state index contributed by atoms with van der Waals surface area (Å²) < 4.78 is 0. The molecule has 1 fully saturated rings. The van der Waals surface area contributed by atoms with Gasteiger partial charge in [-0.3, -0.25) is 10.0 Å². The van der Waals surface area contributed by atoms with E-state index in [-0.39, 0.29) is 0 Å². The van der Waals surface area contributed by atoms with E-state index in [2.05, 4.69) is 28.6 Å². The number of aliphatic imine (C=N–C) groups is 2. The maximum absolute atomic E-state index is 6.09. The van der Waals surface area contributed by atoms with Gasteiger partial charge in [0.05, 0.1) is 11.4 Å². The first-order valence-electron chi connectivity index (χ1n) is 7.17. The number of nitrogens with two attached hydrogens (primary N) is 1. The molecule has 0 amide bonds. The molecule has 0 aromatic carbocycles. The number of H-pyrrole nitrogens is 1. The van der Waals surface area contributed by atoms with Crippen LogP contribution < -0.4 is 5.84 Å². The van der Waals surface area contributed by atoms with Crippen molar-refractivity contribution in [3.63, 3.8) is 0 Å². The van der Waals surface area contributed by atoms with E-state index in [0.717, 1.165) is 41.5 Å². The van der Waals surface area contributed by atoms with E-state index in [1.165, 1.54) is 12.8 Å². The molecule has 20 heavy (non-hydrogen) atoms. The lowest BCUT2D eigenvalue weighted by atomic mass is 9.80. The Morgan fingerprint density at radius 1 is 1.45 bits per heavy atom. The Balaban J connectivity index is 2.01. The van der Waals surface area contributed by atoms with Gasteiger partial charge in [0, 0.05) is 17.7 Å². The molecule has 0 spiro atoms. The normalized spacial score (nSPS) is 28.2. The van der Waals surface area contributed by atoms with E-state index in [1.54, 1.807) is 11.3 Å². The second kappa shape index (κ2) is 5.25. The van der Waals surface area contributed by atoms with Crippen molar-refractivity contribution < 1.29 is 0 Å². The van der Waals surface area contributed by atoms with E-state index < -0.39 is 0 Å². The molecule has 5 nitrogen and oxygen atoms in total. The number of aromatic amines is 1. The van der Waals surface area contributed by atoms with Crippen molar-refractivity contribution in [2.45, 2.75) is 32.6 Å². The molecule has 1 aliphatic heterocycles. The number of hydrogen-bond acceptors (Lipinski definition) is 4. The molecular weight excluding hydrogens is 250 g/mol. The summed E-state index contributed by atoms with van der Waals surface area (Å²) >= 11 is 0. The van der Waals surface area contributed by atoms with Gasteiger partial charge in [-0.25, -0.2) is 10.8 Å². The predicted molar refractivity (Wildman–Crippen MR) is 82.6 cm³/mol. The van der Waals surface area contributed by atoms with Crippen LogP contribution in [-0.4, -0.2) is 23.0 Å². The molecule has 1 aliphatic carbocycles. The summed E-state index contributed by atoms with van der Waals surface area (Å²) in [5, 5.41) is 1.57. The first-order chi connectivity index (χ1) is 9.70. The van der Waals surface area contributed by atoms with Crippen molar-refractivity contribution in [2.75, 3.05) is 0 Å². The van der Waals surface area contributed by atoms with Gasteiger partial charge in [0.15, 0.2) is 0 Å². The molecule has 1 aromatic heterocycles. The average molecular weight is 271 g/mol. The SMILES string of the molecule is C=N/C(=C1/c2cc[nH]c2N=CN1N)C1CCC(C)CC1. The van der Waals surface area contributed by atoms with Crippen molar-refractivity contribution in [1.29, 1.82) is 0 Å². The zero-order chi connectivity index (χ0) is 14.1. The summed E-state index contributed by atoms with van der Waals surface area (Å²) in [4.78, 5) is 11.7. The summed E-state index contributed by atoms with van der Waals surface area (Å²) in [5.74, 6) is 8.18. The molecule has 1 aromatic rings. The molecule has 2 heterocycles. The quantitative estimate of drug-likeness (QED) is 0.641. The van der Waals surface area contributed by atoms with Crippen molar-refractivity contribution in [3.05, 3.63) is 23.5 Å². The molecule has 3 N–H and O–H groups in total. The van der Waals surface area contributed by atoms with Crippen LogP contribution in [0.1, 0.15) is 38.2 Å². The molecule has 1 saturated carbocycles. The number of nitrogens with zero attached hydrogens (tertiary/aromatic N) is 3. The molecular formula is C15H21N5. The Hall–Kier alpha value is -1.88. The van der Waals surface area contributed by atoms with E-state index in [4.69, 9.17) is 5.84 Å². The van der Waals surface area contributed by atoms with Crippen LogP contribution in [0, 0.1) is 11.8 Å². The molecule has 0 radical (unpaired) electrons. The highest BCUT2D eigenvalue weighted by Crippen LogP contribution is 2.40. The van der Waals surface area contributed by atoms with Gasteiger partial charge in [0.1, 0.15) is 12.2 Å². The summed E-state index contributed by atoms with van der Waals surface area (Å²) in [6.07, 6.45) is 8.31. The van der Waals surface area contributed by atoms with Crippen LogP contribution in [0.3, 0.4) is 0 Å². The fraction of sp³-hybridized carbons (Fsp3) is 0.467. The summed E-state index contributed by atoms with van der Waals surface area (Å²) in [6, 6.07) is 2.00. The van der Waals surface area contributed by atoms with Crippen LogP contribution in [0.25, 0.3) is 5.70 Å². The number of aromatic nitrogens is 1. The van der Waals surface area contributed by atoms with E-state index >= 15 is 0 Å². The largest absolute Gasteiger partial charge is 0.346 e. The highest BCUT2D eigenvalue weighted by Gasteiger charge is 2.28. The third-order valence-electron chi connectivity index (χ3n) is 4.37. The maximum Gasteiger partial charge on any atom is 0.141 e. The average Bonchev–Trinajstić information content (AvgIpc) is 2.92. The molecule has 106 valence electrons. The zero-order valence-electron chi connectivity index (χ0n) is 11.8. The number of allylic oxidation sites excluding steroid dienone is 1. The van der Waals surface area contributed by atoms with Crippen LogP contribution in [0.5, 0.6) is 0 Å². The molecule has 0 saturated heterocycles. The monoisotopic (exact) mass is 271 g/mol. The van der Waals surface area contributed by atoms with Gasteiger partial charge in [-0.15, -0.1) is 0 Å². The van der Waals surface area contributed by atoms with Gasteiger partial charge < -0.3 is 4.98 Å². The Labute approximate surface area is 119 Å². The first kappa shape index (κ1) is 13.1. The minimum absolute atomic E-state index is 0.444. The van der Waals surface area contributed by atoms with Crippen LogP contribution in [0.2, 0.25) is 0 Å². The van der Waals surface area contributed by atoms with Crippen molar-refractivity contribution >= 4 is 24.6 Å². The minimum Gasteiger partial charge on any atom is -0.346 e. The molecule has 2 aliphatic rings. The number of hydrazine groups is 1. The third kappa shape index (κ3) is 2.18. The Morgan fingerprint density at radius 2 is 2.20 bits per heavy atom. The maximum atomic E-state index is 6.09. The topological polar surface area (TPSA) is 69.8 Å². The number of nitrogens with one attached hydrogen (secondary N) is 1. The Morgan fingerprint density at radius 3 is 2.90 bits per heavy atom. The molecule has 0 bridgehead atoms. The smallest absolute Gasteiger partial charge is 0.141 e. The van der Waals surface area contributed by atoms with Gasteiger partial charge in [-0.05, 0) is 31.5 Å². The van der Waals surface area contributed by atoms with Gasteiger partial charge in [0.2, 0.25) is 0 Å². The third-order valence-corrected chi connectivity index (χ3v) is 4.37. The Kier molecular flexibility index (Phi) is 3.44. The zero-order valence-corrected chi connectivity index (χ0v) is 11.8. The van der Waals surface area contributed by atoms with Gasteiger partial charge in [-0.2, -0.15) is 0 Å². The van der Waals surface area contributed by atoms with Crippen LogP contribution in [0.4, 0.5) is 5.82 Å². The molecule has 0 unspecified atom stereocenters. The second-order valence-electron chi connectivity index (χ2n) is 5.74. The van der Waals surface area contributed by atoms with Crippen LogP contribution in [0.15, 0.2) is 27.9 Å². The van der Waals surface area contributed by atoms with E-state index in [9.17, 15) is 0 Å². The van der Waals surface area contributed by atoms with E-state index in [1.807, 2.05) is 12.3 Å². The van der Waals surface area contributed by atoms with E-state index in [0.29, 0.717) is 5.92 Å². The molecule has 5 heteroatoms. The minimum atomic E-state index is 0.444. The Bertz CT molecular complexity index is 561. The van der Waals surface area contributed by atoms with Gasteiger partial charge >= 0.3 is 0 Å². The predicted octanol–water partition coefficient (Wildman–Crippen LogP) is 3.06. The van der Waals surface area contributed by atoms with Gasteiger partial charge in [-0.1, -0.05) is 19.8 Å². The summed E-state index contributed by atoms with van der Waals surface area (Å²) in [5.41, 5.74) is 2.95. The standard InChI is InChI=1S/C15H21N5/c1-10-3-5-11(6-4-10)13(17-2)14-12-7-8-18-15(12)19-9-20(14)16/h7-11,18H,2-6,16H2,1H3/b14-13-. The number of fused-ring (bicyclic) bond motifs is 1. The fourth-order valence-electron chi connectivity index (χ4n) is 3.18. The van der Waals surface area contributed by atoms with Crippen molar-refractivity contribution in [2.24, 2.45) is 27.7 Å². The lowest BCUT2D eigenvalue weighted by Crippen LogP contribution is -2.31. The van der Waals surface area contributed by atoms with Crippen LogP contribution in [-0.2, 0) is 0 Å².